The van der Waals surface area contributed by atoms with Crippen molar-refractivity contribution in [2.45, 2.75) is 26.4 Å². The van der Waals surface area contributed by atoms with Crippen LogP contribution >= 0.6 is 11.3 Å². The van der Waals surface area contributed by atoms with Crippen LogP contribution in [0, 0.1) is 6.92 Å². The summed E-state index contributed by atoms with van der Waals surface area (Å²) in [4.78, 5) is 15.7. The van der Waals surface area contributed by atoms with E-state index >= 15 is 0 Å². The van der Waals surface area contributed by atoms with Crippen molar-refractivity contribution >= 4 is 17.4 Å². The van der Waals surface area contributed by atoms with E-state index in [1.807, 2.05) is 31.4 Å². The molecule has 6 heteroatoms. The summed E-state index contributed by atoms with van der Waals surface area (Å²) in [6, 6.07) is 3.35. The van der Waals surface area contributed by atoms with Crippen LogP contribution in [0.4, 0.5) is 4.79 Å². The molecule has 0 saturated heterocycles. The number of carbonyl (C=O) groups is 1. The number of urea groups is 1. The zero-order valence-electron chi connectivity index (χ0n) is 10.3. The summed E-state index contributed by atoms with van der Waals surface area (Å²) < 4.78 is 5.44. The summed E-state index contributed by atoms with van der Waals surface area (Å²) in [5.74, 6) is 1.58. The zero-order valence-corrected chi connectivity index (χ0v) is 11.1. The van der Waals surface area contributed by atoms with Crippen molar-refractivity contribution in [2.75, 3.05) is 0 Å². The molecule has 18 heavy (non-hydrogen) atoms. The van der Waals surface area contributed by atoms with Crippen LogP contribution in [0.2, 0.25) is 0 Å². The van der Waals surface area contributed by atoms with Crippen molar-refractivity contribution in [2.24, 2.45) is 0 Å². The molecule has 96 valence electrons. The molecule has 0 aliphatic rings. The zero-order chi connectivity index (χ0) is 13.0. The second-order valence-electron chi connectivity index (χ2n) is 3.98. The van der Waals surface area contributed by atoms with Gasteiger partial charge in [0.05, 0.1) is 23.8 Å². The summed E-state index contributed by atoms with van der Waals surface area (Å²) >= 11 is 1.51. The highest BCUT2D eigenvalue weighted by Gasteiger charge is 2.12. The molecular formula is C12H15N3O2S. The highest BCUT2D eigenvalue weighted by molar-refractivity contribution is 7.07. The first-order valence-electron chi connectivity index (χ1n) is 5.63. The fraction of sp³-hybridized carbons (Fsp3) is 0.333. The molecule has 0 saturated carbocycles. The standard InChI is InChI=1S/C12H15N3O2S/c1-8-3-4-11(17-8)9(2)15-12(16)13-5-10-6-18-7-14-10/h3-4,6-7,9H,5H2,1-2H3,(H2,13,15,16). The van der Waals surface area contributed by atoms with E-state index in [-0.39, 0.29) is 12.1 Å². The fourth-order valence-electron chi connectivity index (χ4n) is 1.50. The summed E-state index contributed by atoms with van der Waals surface area (Å²) in [5, 5.41) is 7.45. The van der Waals surface area contributed by atoms with Crippen molar-refractivity contribution in [1.29, 1.82) is 0 Å². The quantitative estimate of drug-likeness (QED) is 0.893. The molecule has 0 spiro atoms. The number of amides is 2. The second kappa shape index (κ2) is 5.68. The summed E-state index contributed by atoms with van der Waals surface area (Å²) in [5.41, 5.74) is 2.60. The van der Waals surface area contributed by atoms with Gasteiger partial charge in [-0.15, -0.1) is 11.3 Å². The number of hydrogen-bond acceptors (Lipinski definition) is 4. The Morgan fingerprint density at radius 2 is 2.39 bits per heavy atom. The average molecular weight is 265 g/mol. The summed E-state index contributed by atoms with van der Waals surface area (Å²) in [7, 11) is 0. The molecule has 2 rings (SSSR count). The molecule has 0 aliphatic carbocycles. The van der Waals surface area contributed by atoms with Crippen molar-refractivity contribution in [1.82, 2.24) is 15.6 Å². The first-order chi connectivity index (χ1) is 8.65. The lowest BCUT2D eigenvalue weighted by Gasteiger charge is -2.12. The van der Waals surface area contributed by atoms with Gasteiger partial charge in [-0.25, -0.2) is 9.78 Å². The third-order valence-electron chi connectivity index (χ3n) is 2.45. The van der Waals surface area contributed by atoms with E-state index < -0.39 is 0 Å². The Bertz CT molecular complexity index is 507. The fourth-order valence-corrected chi connectivity index (χ4v) is 2.06. The number of aromatic nitrogens is 1. The van der Waals surface area contributed by atoms with Gasteiger partial charge in [0.1, 0.15) is 11.5 Å². The van der Waals surface area contributed by atoms with E-state index in [1.165, 1.54) is 11.3 Å². The maximum Gasteiger partial charge on any atom is 0.315 e. The lowest BCUT2D eigenvalue weighted by Crippen LogP contribution is -2.36. The number of carbonyl (C=O) groups excluding carboxylic acids is 1. The molecule has 0 aromatic carbocycles. The van der Waals surface area contributed by atoms with E-state index in [0.29, 0.717) is 6.54 Å². The first kappa shape index (κ1) is 12.6. The number of nitrogens with one attached hydrogen (secondary N) is 2. The van der Waals surface area contributed by atoms with Crippen LogP contribution in [-0.4, -0.2) is 11.0 Å². The molecule has 2 aromatic heterocycles. The normalized spacial score (nSPS) is 12.1. The van der Waals surface area contributed by atoms with Crippen LogP contribution in [0.25, 0.3) is 0 Å². The molecule has 0 fully saturated rings. The monoisotopic (exact) mass is 265 g/mol. The van der Waals surface area contributed by atoms with Crippen LogP contribution in [0.5, 0.6) is 0 Å². The molecule has 2 heterocycles. The van der Waals surface area contributed by atoms with Gasteiger partial charge in [0.25, 0.3) is 0 Å². The minimum atomic E-state index is -0.232. The Kier molecular flexibility index (Phi) is 3.99. The molecule has 2 amide bonds. The number of hydrogen-bond donors (Lipinski definition) is 2. The van der Waals surface area contributed by atoms with Gasteiger partial charge in [0, 0.05) is 5.38 Å². The SMILES string of the molecule is Cc1ccc(C(C)NC(=O)NCc2cscn2)o1. The Morgan fingerprint density at radius 3 is 3.00 bits per heavy atom. The Hall–Kier alpha value is -1.82. The molecule has 2 N–H and O–H groups in total. The minimum Gasteiger partial charge on any atom is -0.464 e. The largest absolute Gasteiger partial charge is 0.464 e. The van der Waals surface area contributed by atoms with Gasteiger partial charge in [0.2, 0.25) is 0 Å². The summed E-state index contributed by atoms with van der Waals surface area (Å²) in [6.07, 6.45) is 0. The molecule has 2 aromatic rings. The van der Waals surface area contributed by atoms with Gasteiger partial charge < -0.3 is 15.1 Å². The molecule has 0 bridgehead atoms. The van der Waals surface area contributed by atoms with Crippen LogP contribution in [0.1, 0.15) is 30.2 Å². The van der Waals surface area contributed by atoms with E-state index in [2.05, 4.69) is 15.6 Å². The van der Waals surface area contributed by atoms with Gasteiger partial charge >= 0.3 is 6.03 Å². The van der Waals surface area contributed by atoms with Crippen molar-refractivity contribution < 1.29 is 9.21 Å². The Labute approximate surface area is 109 Å². The number of furan rings is 1. The topological polar surface area (TPSA) is 67.2 Å². The minimum absolute atomic E-state index is 0.158. The van der Waals surface area contributed by atoms with Crippen molar-refractivity contribution in [3.8, 4) is 0 Å². The van der Waals surface area contributed by atoms with Gasteiger partial charge in [-0.3, -0.25) is 0 Å². The third-order valence-corrected chi connectivity index (χ3v) is 3.08. The third kappa shape index (κ3) is 3.33. The van der Waals surface area contributed by atoms with Gasteiger partial charge in [-0.05, 0) is 26.0 Å². The van der Waals surface area contributed by atoms with Gasteiger partial charge in [-0.2, -0.15) is 0 Å². The van der Waals surface area contributed by atoms with Crippen molar-refractivity contribution in [3.63, 3.8) is 0 Å². The lowest BCUT2D eigenvalue weighted by molar-refractivity contribution is 0.235. The Balaban J connectivity index is 1.80. The highest BCUT2D eigenvalue weighted by atomic mass is 32.1. The van der Waals surface area contributed by atoms with Gasteiger partial charge in [-0.1, -0.05) is 0 Å². The Morgan fingerprint density at radius 1 is 1.56 bits per heavy atom. The van der Waals surface area contributed by atoms with E-state index in [1.54, 1.807) is 5.51 Å². The number of nitrogens with zero attached hydrogens (tertiary/aromatic N) is 1. The predicted molar refractivity (Wildman–Crippen MR) is 69.3 cm³/mol. The van der Waals surface area contributed by atoms with E-state index in [4.69, 9.17) is 4.42 Å². The summed E-state index contributed by atoms with van der Waals surface area (Å²) in [6.45, 7) is 4.18. The first-order valence-corrected chi connectivity index (χ1v) is 6.57. The van der Waals surface area contributed by atoms with Crippen LogP contribution in [-0.2, 0) is 6.54 Å². The second-order valence-corrected chi connectivity index (χ2v) is 4.70. The molecule has 0 radical (unpaired) electrons. The lowest BCUT2D eigenvalue weighted by atomic mass is 10.2. The van der Waals surface area contributed by atoms with Crippen LogP contribution < -0.4 is 10.6 Å². The van der Waals surface area contributed by atoms with Gasteiger partial charge in [0.15, 0.2) is 0 Å². The van der Waals surface area contributed by atoms with Crippen LogP contribution in [0.15, 0.2) is 27.4 Å². The maximum absolute atomic E-state index is 11.6. The van der Waals surface area contributed by atoms with E-state index in [0.717, 1.165) is 17.2 Å². The number of thiazole rings is 1. The van der Waals surface area contributed by atoms with E-state index in [9.17, 15) is 4.79 Å². The molecule has 0 aliphatic heterocycles. The highest BCUT2D eigenvalue weighted by Crippen LogP contribution is 2.15. The predicted octanol–water partition coefficient (Wildman–Crippen LogP) is 2.60. The molecular weight excluding hydrogens is 250 g/mol. The number of aryl methyl sites for hydroxylation is 1. The van der Waals surface area contributed by atoms with Crippen molar-refractivity contribution in [3.05, 3.63) is 40.2 Å². The average Bonchev–Trinajstić information content (AvgIpc) is 2.97. The smallest absolute Gasteiger partial charge is 0.315 e. The number of rotatable bonds is 4. The molecule has 1 unspecified atom stereocenters. The van der Waals surface area contributed by atoms with Crippen LogP contribution in [0.3, 0.4) is 0 Å². The maximum atomic E-state index is 11.6. The molecule has 1 atom stereocenters. The molecule has 5 nitrogen and oxygen atoms in total.